The Labute approximate surface area is 88.7 Å². The van der Waals surface area contributed by atoms with E-state index in [0.29, 0.717) is 5.56 Å². The van der Waals surface area contributed by atoms with Gasteiger partial charge in [-0.25, -0.2) is 0 Å². The van der Waals surface area contributed by atoms with E-state index >= 15 is 0 Å². The van der Waals surface area contributed by atoms with Gasteiger partial charge in [0.2, 0.25) is 0 Å². The summed E-state index contributed by atoms with van der Waals surface area (Å²) in [7, 11) is 1.29. The van der Waals surface area contributed by atoms with Crippen LogP contribution in [0.2, 0.25) is 0 Å². The minimum Gasteiger partial charge on any atom is -0.507 e. The highest BCUT2D eigenvalue weighted by molar-refractivity contribution is 5.75. The quantitative estimate of drug-likeness (QED) is 0.720. The van der Waals surface area contributed by atoms with E-state index in [1.807, 2.05) is 6.07 Å². The lowest BCUT2D eigenvalue weighted by Crippen LogP contribution is -2.33. The molecule has 0 amide bonds. The average Bonchev–Trinajstić information content (AvgIpc) is 2.23. The summed E-state index contributed by atoms with van der Waals surface area (Å²) in [6.07, 6.45) is 0.278. The number of carbonyl (C=O) groups excluding carboxylic acids is 1. The molecule has 1 aromatic rings. The van der Waals surface area contributed by atoms with Crippen LogP contribution in [-0.2, 0) is 16.0 Å². The highest BCUT2D eigenvalue weighted by Crippen LogP contribution is 2.22. The molecule has 0 heterocycles. The van der Waals surface area contributed by atoms with Gasteiger partial charge in [-0.15, -0.1) is 0 Å². The largest absolute Gasteiger partial charge is 0.507 e. The topological polar surface area (TPSA) is 72.5 Å². The molecule has 1 aromatic carbocycles. The number of carbonyl (C=O) groups is 1. The Morgan fingerprint density at radius 3 is 2.87 bits per heavy atom. The number of benzene rings is 1. The van der Waals surface area contributed by atoms with E-state index in [1.54, 1.807) is 19.1 Å². The summed E-state index contributed by atoms with van der Waals surface area (Å²) < 4.78 is 4.51. The molecule has 1 unspecified atom stereocenters. The van der Waals surface area contributed by atoms with Gasteiger partial charge in [0.25, 0.3) is 0 Å². The van der Waals surface area contributed by atoms with Gasteiger partial charge in [-0.05, 0) is 18.1 Å². The van der Waals surface area contributed by atoms with E-state index in [-0.39, 0.29) is 12.2 Å². The van der Waals surface area contributed by atoms with Gasteiger partial charge in [-0.3, -0.25) is 4.79 Å². The van der Waals surface area contributed by atoms with Gasteiger partial charge in [0.05, 0.1) is 7.11 Å². The monoisotopic (exact) mass is 209 g/mol. The zero-order chi connectivity index (χ0) is 11.4. The lowest BCUT2D eigenvalue weighted by Gasteiger charge is -2.11. The van der Waals surface area contributed by atoms with Crippen molar-refractivity contribution in [1.82, 2.24) is 0 Å². The van der Waals surface area contributed by atoms with Gasteiger partial charge in [0.15, 0.2) is 0 Å². The second-order valence-electron chi connectivity index (χ2n) is 3.42. The van der Waals surface area contributed by atoms with Gasteiger partial charge in [0.1, 0.15) is 11.8 Å². The number of para-hydroxylation sites is 1. The number of methoxy groups -OCH3 is 1. The average molecular weight is 209 g/mol. The van der Waals surface area contributed by atoms with Gasteiger partial charge in [-0.1, -0.05) is 18.2 Å². The molecule has 0 bridgehead atoms. The van der Waals surface area contributed by atoms with E-state index in [4.69, 9.17) is 5.73 Å². The molecular weight excluding hydrogens is 194 g/mol. The molecule has 4 nitrogen and oxygen atoms in total. The van der Waals surface area contributed by atoms with Crippen molar-refractivity contribution in [3.05, 3.63) is 29.3 Å². The van der Waals surface area contributed by atoms with Gasteiger partial charge in [-0.2, -0.15) is 0 Å². The first kappa shape index (κ1) is 11.5. The number of nitrogens with two attached hydrogens (primary N) is 1. The van der Waals surface area contributed by atoms with Crippen LogP contribution in [0.5, 0.6) is 5.75 Å². The van der Waals surface area contributed by atoms with Crippen LogP contribution in [0.4, 0.5) is 0 Å². The second-order valence-corrected chi connectivity index (χ2v) is 3.42. The lowest BCUT2D eigenvalue weighted by molar-refractivity contribution is -0.142. The first-order chi connectivity index (χ1) is 7.06. The van der Waals surface area contributed by atoms with Crippen LogP contribution in [-0.4, -0.2) is 24.2 Å². The first-order valence-electron chi connectivity index (χ1n) is 4.67. The SMILES string of the molecule is COC(=O)C(N)Cc1cccc(C)c1O. The molecule has 82 valence electrons. The maximum absolute atomic E-state index is 11.1. The van der Waals surface area contributed by atoms with Crippen molar-refractivity contribution in [3.63, 3.8) is 0 Å². The second kappa shape index (κ2) is 4.79. The minimum atomic E-state index is -0.734. The van der Waals surface area contributed by atoms with Crippen LogP contribution < -0.4 is 5.73 Å². The summed E-state index contributed by atoms with van der Waals surface area (Å²) in [5, 5.41) is 9.69. The molecule has 0 radical (unpaired) electrons. The number of aromatic hydroxyl groups is 1. The van der Waals surface area contributed by atoms with E-state index in [9.17, 15) is 9.90 Å². The summed E-state index contributed by atoms with van der Waals surface area (Å²) in [6.45, 7) is 1.79. The molecule has 1 atom stereocenters. The summed E-state index contributed by atoms with van der Waals surface area (Å²) in [5.74, 6) is -0.284. The number of phenolic OH excluding ortho intramolecular Hbond substituents is 1. The van der Waals surface area contributed by atoms with Crippen LogP contribution in [0.1, 0.15) is 11.1 Å². The van der Waals surface area contributed by atoms with Gasteiger partial charge >= 0.3 is 5.97 Å². The molecule has 0 aliphatic rings. The molecule has 0 fully saturated rings. The Bertz CT molecular complexity index is 363. The Morgan fingerprint density at radius 1 is 1.60 bits per heavy atom. The highest BCUT2D eigenvalue weighted by Gasteiger charge is 2.16. The number of ether oxygens (including phenoxy) is 1. The summed E-state index contributed by atoms with van der Waals surface area (Å²) in [6, 6.07) is 4.62. The van der Waals surface area contributed by atoms with Crippen LogP contribution in [0.3, 0.4) is 0 Å². The van der Waals surface area contributed by atoms with Crippen molar-refractivity contribution in [1.29, 1.82) is 0 Å². The van der Waals surface area contributed by atoms with Crippen LogP contribution in [0.25, 0.3) is 0 Å². The lowest BCUT2D eigenvalue weighted by atomic mass is 10.0. The molecule has 15 heavy (non-hydrogen) atoms. The number of aryl methyl sites for hydroxylation is 1. The van der Waals surface area contributed by atoms with Crippen molar-refractivity contribution in [3.8, 4) is 5.75 Å². The van der Waals surface area contributed by atoms with Crippen molar-refractivity contribution in [2.45, 2.75) is 19.4 Å². The number of phenols is 1. The molecule has 1 rings (SSSR count). The summed E-state index contributed by atoms with van der Waals surface area (Å²) in [4.78, 5) is 11.1. The van der Waals surface area contributed by atoms with Crippen molar-refractivity contribution < 1.29 is 14.6 Å². The van der Waals surface area contributed by atoms with E-state index in [1.165, 1.54) is 7.11 Å². The number of rotatable bonds is 3. The Balaban J connectivity index is 2.81. The Morgan fingerprint density at radius 2 is 2.27 bits per heavy atom. The predicted molar refractivity (Wildman–Crippen MR) is 56.5 cm³/mol. The molecule has 0 aliphatic heterocycles. The minimum absolute atomic E-state index is 0.192. The van der Waals surface area contributed by atoms with E-state index < -0.39 is 12.0 Å². The van der Waals surface area contributed by atoms with E-state index in [2.05, 4.69) is 4.74 Å². The van der Waals surface area contributed by atoms with Crippen molar-refractivity contribution in [2.75, 3.05) is 7.11 Å². The third kappa shape index (κ3) is 2.70. The highest BCUT2D eigenvalue weighted by atomic mass is 16.5. The van der Waals surface area contributed by atoms with Crippen molar-refractivity contribution in [2.24, 2.45) is 5.73 Å². The van der Waals surface area contributed by atoms with Crippen molar-refractivity contribution >= 4 is 5.97 Å². The molecule has 0 saturated carbocycles. The number of hydrogen-bond donors (Lipinski definition) is 2. The smallest absolute Gasteiger partial charge is 0.322 e. The molecule has 4 heteroatoms. The molecule has 0 saturated heterocycles. The molecular formula is C11H15NO3. The number of esters is 1. The predicted octanol–water partition coefficient (Wildman–Crippen LogP) is 0.743. The number of hydrogen-bond acceptors (Lipinski definition) is 4. The van der Waals surface area contributed by atoms with E-state index in [0.717, 1.165) is 5.56 Å². The maximum Gasteiger partial charge on any atom is 0.322 e. The Kier molecular flexibility index (Phi) is 3.68. The maximum atomic E-state index is 11.1. The summed E-state index contributed by atoms with van der Waals surface area (Å²) >= 11 is 0. The van der Waals surface area contributed by atoms with Crippen LogP contribution >= 0.6 is 0 Å². The third-order valence-corrected chi connectivity index (χ3v) is 2.27. The third-order valence-electron chi connectivity index (χ3n) is 2.27. The zero-order valence-electron chi connectivity index (χ0n) is 8.86. The fourth-order valence-electron chi connectivity index (χ4n) is 1.36. The molecule has 0 aliphatic carbocycles. The molecule has 0 aromatic heterocycles. The normalized spacial score (nSPS) is 12.2. The fourth-order valence-corrected chi connectivity index (χ4v) is 1.36. The molecule has 0 spiro atoms. The van der Waals surface area contributed by atoms with Crippen LogP contribution in [0.15, 0.2) is 18.2 Å². The van der Waals surface area contributed by atoms with Crippen LogP contribution in [0, 0.1) is 6.92 Å². The fraction of sp³-hybridized carbons (Fsp3) is 0.364. The summed E-state index contributed by atoms with van der Waals surface area (Å²) in [5.41, 5.74) is 7.02. The van der Waals surface area contributed by atoms with Gasteiger partial charge < -0.3 is 15.6 Å². The standard InChI is InChI=1S/C11H15NO3/c1-7-4-3-5-8(10(7)13)6-9(12)11(14)15-2/h3-5,9,13H,6,12H2,1-2H3. The zero-order valence-corrected chi connectivity index (χ0v) is 8.86. The molecule has 3 N–H and O–H groups in total. The Hall–Kier alpha value is -1.55. The first-order valence-corrected chi connectivity index (χ1v) is 4.67. The van der Waals surface area contributed by atoms with Gasteiger partial charge in [0, 0.05) is 6.42 Å².